The summed E-state index contributed by atoms with van der Waals surface area (Å²) in [5.74, 6) is 0.0347. The van der Waals surface area contributed by atoms with Crippen LogP contribution in [0.2, 0.25) is 0 Å². The third-order valence-electron chi connectivity index (χ3n) is 2.57. The van der Waals surface area contributed by atoms with Gasteiger partial charge in [0, 0.05) is 6.54 Å². The number of aliphatic hydroxyl groups excluding tert-OH is 1. The van der Waals surface area contributed by atoms with Gasteiger partial charge in [-0.3, -0.25) is 4.79 Å². The second kappa shape index (κ2) is 8.48. The van der Waals surface area contributed by atoms with E-state index < -0.39 is 6.10 Å². The maximum absolute atomic E-state index is 12.6. The average Bonchev–Trinajstić information content (AvgIpc) is 2.39. The Morgan fingerprint density at radius 3 is 2.74 bits per heavy atom. The Morgan fingerprint density at radius 2 is 2.11 bits per heavy atom. The molecular weight excluding hydrogens is 249 g/mol. The van der Waals surface area contributed by atoms with Crippen molar-refractivity contribution in [3.05, 3.63) is 30.1 Å². The van der Waals surface area contributed by atoms with Crippen LogP contribution in [0.4, 0.5) is 4.39 Å². The number of nitrogens with one attached hydrogen (secondary N) is 1. The molecule has 19 heavy (non-hydrogen) atoms. The number of carbonyl (C=O) groups is 1. The van der Waals surface area contributed by atoms with Crippen LogP contribution in [0.5, 0.6) is 5.75 Å². The molecule has 1 aromatic carbocycles. The van der Waals surface area contributed by atoms with Crippen molar-refractivity contribution in [3.63, 3.8) is 0 Å². The summed E-state index contributed by atoms with van der Waals surface area (Å²) in [7, 11) is 0. The summed E-state index contributed by atoms with van der Waals surface area (Å²) in [5.41, 5.74) is 0. The molecule has 0 bridgehead atoms. The van der Waals surface area contributed by atoms with E-state index in [1.165, 1.54) is 24.3 Å². The van der Waals surface area contributed by atoms with Crippen LogP contribution in [-0.2, 0) is 4.79 Å². The molecule has 4 nitrogen and oxygen atoms in total. The molecule has 2 N–H and O–H groups in total. The van der Waals surface area contributed by atoms with Gasteiger partial charge in [-0.1, -0.05) is 13.3 Å². The Balaban J connectivity index is 2.15. The number of ether oxygens (including phenoxy) is 1. The first-order valence-corrected chi connectivity index (χ1v) is 6.45. The molecule has 0 aliphatic carbocycles. The predicted octanol–water partition coefficient (Wildman–Crippen LogP) is 1.87. The van der Waals surface area contributed by atoms with Crippen LogP contribution < -0.4 is 10.1 Å². The van der Waals surface area contributed by atoms with E-state index in [9.17, 15) is 14.3 Å². The van der Waals surface area contributed by atoms with E-state index in [4.69, 9.17) is 4.74 Å². The number of aliphatic hydroxyl groups is 1. The van der Waals surface area contributed by atoms with Gasteiger partial charge in [0.25, 0.3) is 0 Å². The molecule has 5 heteroatoms. The molecule has 0 saturated carbocycles. The molecule has 1 aromatic rings. The average molecular weight is 269 g/mol. The van der Waals surface area contributed by atoms with Crippen molar-refractivity contribution in [1.82, 2.24) is 5.32 Å². The van der Waals surface area contributed by atoms with E-state index in [0.717, 1.165) is 6.42 Å². The number of hydrogen-bond donors (Lipinski definition) is 2. The van der Waals surface area contributed by atoms with Gasteiger partial charge in [-0.05, 0) is 30.7 Å². The van der Waals surface area contributed by atoms with Gasteiger partial charge >= 0.3 is 0 Å². The monoisotopic (exact) mass is 269 g/mol. The zero-order valence-electron chi connectivity index (χ0n) is 11.1. The van der Waals surface area contributed by atoms with E-state index in [2.05, 4.69) is 5.32 Å². The van der Waals surface area contributed by atoms with Crippen LogP contribution >= 0.6 is 0 Å². The predicted molar refractivity (Wildman–Crippen MR) is 70.4 cm³/mol. The summed E-state index contributed by atoms with van der Waals surface area (Å²) in [4.78, 5) is 11.4. The van der Waals surface area contributed by atoms with Crippen molar-refractivity contribution < 1.29 is 19.0 Å². The van der Waals surface area contributed by atoms with Crippen molar-refractivity contribution in [2.75, 3.05) is 13.2 Å². The molecule has 0 heterocycles. The number of hydrogen-bond acceptors (Lipinski definition) is 3. The molecule has 1 unspecified atom stereocenters. The summed E-state index contributed by atoms with van der Waals surface area (Å²) < 4.78 is 17.9. The fraction of sp³-hybridized carbons (Fsp3) is 0.500. The molecule has 0 saturated heterocycles. The second-order valence-electron chi connectivity index (χ2n) is 4.30. The molecular formula is C14H20FNO3. The zero-order valence-corrected chi connectivity index (χ0v) is 11.1. The maximum atomic E-state index is 12.6. The van der Waals surface area contributed by atoms with Crippen molar-refractivity contribution >= 4 is 5.91 Å². The van der Waals surface area contributed by atoms with Crippen molar-refractivity contribution in [1.29, 1.82) is 0 Å². The molecule has 0 aliphatic rings. The highest BCUT2D eigenvalue weighted by atomic mass is 19.1. The fourth-order valence-corrected chi connectivity index (χ4v) is 1.55. The smallest absolute Gasteiger partial charge is 0.223 e. The lowest BCUT2D eigenvalue weighted by Crippen LogP contribution is -2.32. The van der Waals surface area contributed by atoms with Crippen molar-refractivity contribution in [2.45, 2.75) is 32.3 Å². The fourth-order valence-electron chi connectivity index (χ4n) is 1.55. The lowest BCUT2D eigenvalue weighted by molar-refractivity contribution is -0.122. The molecule has 1 amide bonds. The van der Waals surface area contributed by atoms with Gasteiger partial charge in [-0.25, -0.2) is 4.39 Å². The highest BCUT2D eigenvalue weighted by molar-refractivity contribution is 5.76. The van der Waals surface area contributed by atoms with E-state index in [-0.39, 0.29) is 31.3 Å². The minimum Gasteiger partial charge on any atom is -0.493 e. The van der Waals surface area contributed by atoms with Gasteiger partial charge < -0.3 is 15.2 Å². The summed E-state index contributed by atoms with van der Waals surface area (Å²) in [5, 5.41) is 12.1. The van der Waals surface area contributed by atoms with Gasteiger partial charge in [0.1, 0.15) is 11.6 Å². The van der Waals surface area contributed by atoms with Crippen LogP contribution in [0.25, 0.3) is 0 Å². The molecule has 1 rings (SSSR count). The lowest BCUT2D eigenvalue weighted by Gasteiger charge is -2.11. The Labute approximate surface area is 112 Å². The highest BCUT2D eigenvalue weighted by Gasteiger charge is 2.06. The third kappa shape index (κ3) is 6.76. The van der Waals surface area contributed by atoms with Crippen molar-refractivity contribution in [3.8, 4) is 5.75 Å². The number of carbonyl (C=O) groups excluding carboxylic acids is 1. The second-order valence-corrected chi connectivity index (χ2v) is 4.30. The van der Waals surface area contributed by atoms with Gasteiger partial charge in [0.2, 0.25) is 5.91 Å². The highest BCUT2D eigenvalue weighted by Crippen LogP contribution is 2.11. The largest absolute Gasteiger partial charge is 0.493 e. The quantitative estimate of drug-likeness (QED) is 0.757. The number of benzene rings is 1. The summed E-state index contributed by atoms with van der Waals surface area (Å²) >= 11 is 0. The minimum atomic E-state index is -0.494. The summed E-state index contributed by atoms with van der Waals surface area (Å²) in [6.45, 7) is 2.46. The van der Waals surface area contributed by atoms with Crippen molar-refractivity contribution in [2.24, 2.45) is 0 Å². The van der Waals surface area contributed by atoms with Gasteiger partial charge in [-0.2, -0.15) is 0 Å². The lowest BCUT2D eigenvalue weighted by atomic mass is 10.2. The Kier molecular flexibility index (Phi) is 6.89. The van der Waals surface area contributed by atoms with Crippen LogP contribution in [0.15, 0.2) is 24.3 Å². The topological polar surface area (TPSA) is 58.6 Å². The summed E-state index contributed by atoms with van der Waals surface area (Å²) in [6, 6.07) is 5.63. The van der Waals surface area contributed by atoms with Gasteiger partial charge in [0.15, 0.2) is 0 Å². The molecule has 0 spiro atoms. The Morgan fingerprint density at radius 1 is 1.42 bits per heavy atom. The molecule has 0 radical (unpaired) electrons. The van der Waals surface area contributed by atoms with E-state index >= 15 is 0 Å². The van der Waals surface area contributed by atoms with Gasteiger partial charge in [0.05, 0.1) is 19.1 Å². The third-order valence-corrected chi connectivity index (χ3v) is 2.57. The van der Waals surface area contributed by atoms with Crippen LogP contribution in [0, 0.1) is 5.82 Å². The number of amides is 1. The number of rotatable bonds is 8. The van der Waals surface area contributed by atoms with Crippen LogP contribution in [0.3, 0.4) is 0 Å². The normalized spacial score (nSPS) is 11.9. The van der Waals surface area contributed by atoms with Gasteiger partial charge in [-0.15, -0.1) is 0 Å². The van der Waals surface area contributed by atoms with Crippen LogP contribution in [0.1, 0.15) is 26.2 Å². The minimum absolute atomic E-state index is 0.169. The van der Waals surface area contributed by atoms with E-state index in [1.54, 1.807) is 0 Å². The standard InChI is InChI=1S/C14H20FNO3/c1-2-3-12(17)10-16-14(18)8-9-19-13-6-4-11(15)5-7-13/h4-7,12,17H,2-3,8-10H2,1H3,(H,16,18). The molecule has 0 aromatic heterocycles. The van der Waals surface area contributed by atoms with Crippen LogP contribution in [-0.4, -0.2) is 30.3 Å². The first-order chi connectivity index (χ1) is 9.11. The Bertz CT molecular complexity index is 381. The SMILES string of the molecule is CCCC(O)CNC(=O)CCOc1ccc(F)cc1. The first kappa shape index (κ1) is 15.4. The molecule has 106 valence electrons. The first-order valence-electron chi connectivity index (χ1n) is 6.45. The Hall–Kier alpha value is -1.62. The molecule has 0 aliphatic heterocycles. The van der Waals surface area contributed by atoms with E-state index in [1.807, 2.05) is 6.92 Å². The molecule has 0 fully saturated rings. The molecule has 1 atom stereocenters. The summed E-state index contributed by atoms with van der Waals surface area (Å²) in [6.07, 6.45) is 1.26. The maximum Gasteiger partial charge on any atom is 0.223 e. The van der Waals surface area contributed by atoms with E-state index in [0.29, 0.717) is 12.2 Å². The zero-order chi connectivity index (χ0) is 14.1. The number of halogens is 1.